The number of methoxy groups -OCH3 is 1. The second kappa shape index (κ2) is 4.64. The highest BCUT2D eigenvalue weighted by Crippen LogP contribution is 2.30. The van der Waals surface area contributed by atoms with Gasteiger partial charge in [0.2, 0.25) is 0 Å². The number of nitrogens with one attached hydrogen (secondary N) is 1. The van der Waals surface area contributed by atoms with Gasteiger partial charge in [-0.1, -0.05) is 12.1 Å². The number of hydrogen-bond donors (Lipinski definition) is 2. The summed E-state index contributed by atoms with van der Waals surface area (Å²) in [6, 6.07) is 7.77. The monoisotopic (exact) mass is 207 g/mol. The first-order chi connectivity index (χ1) is 7.31. The maximum absolute atomic E-state index is 9.43. The summed E-state index contributed by atoms with van der Waals surface area (Å²) in [4.78, 5) is 0. The van der Waals surface area contributed by atoms with Gasteiger partial charge in [-0.15, -0.1) is 0 Å². The Morgan fingerprint density at radius 1 is 1.53 bits per heavy atom. The lowest BCUT2D eigenvalue weighted by Gasteiger charge is -2.19. The van der Waals surface area contributed by atoms with Crippen LogP contribution in [0.1, 0.15) is 18.0 Å². The fourth-order valence-electron chi connectivity index (χ4n) is 2.26. The van der Waals surface area contributed by atoms with Gasteiger partial charge in [0.1, 0.15) is 5.75 Å². The van der Waals surface area contributed by atoms with E-state index in [0.717, 1.165) is 25.1 Å². The van der Waals surface area contributed by atoms with Crippen molar-refractivity contribution in [1.29, 1.82) is 0 Å². The van der Waals surface area contributed by atoms with Gasteiger partial charge in [-0.3, -0.25) is 0 Å². The first-order valence-electron chi connectivity index (χ1n) is 5.32. The molecular formula is C12H17NO2. The van der Waals surface area contributed by atoms with E-state index < -0.39 is 0 Å². The molecular weight excluding hydrogens is 190 g/mol. The number of hydrogen-bond acceptors (Lipinski definition) is 3. The summed E-state index contributed by atoms with van der Waals surface area (Å²) in [5, 5.41) is 12.9. The van der Waals surface area contributed by atoms with Gasteiger partial charge in [-0.25, -0.2) is 0 Å². The Bertz CT molecular complexity index is 327. The molecule has 1 aromatic rings. The molecule has 0 amide bonds. The quantitative estimate of drug-likeness (QED) is 0.792. The molecule has 0 saturated carbocycles. The molecule has 1 saturated heterocycles. The number of aromatic hydroxyl groups is 1. The molecule has 1 fully saturated rings. The fourth-order valence-corrected chi connectivity index (χ4v) is 2.26. The van der Waals surface area contributed by atoms with Crippen LogP contribution in [0, 0.1) is 5.92 Å². The molecule has 1 heterocycles. The molecule has 2 unspecified atom stereocenters. The van der Waals surface area contributed by atoms with Crippen molar-refractivity contribution in [1.82, 2.24) is 5.32 Å². The Hall–Kier alpha value is -1.06. The average Bonchev–Trinajstić information content (AvgIpc) is 2.66. The second-order valence-corrected chi connectivity index (χ2v) is 4.03. The summed E-state index contributed by atoms with van der Waals surface area (Å²) in [6.07, 6.45) is 1.13. The summed E-state index contributed by atoms with van der Waals surface area (Å²) in [6.45, 7) is 1.79. The number of phenolic OH excluding ortho intramolecular Hbond substituents is 1. The summed E-state index contributed by atoms with van der Waals surface area (Å²) >= 11 is 0. The predicted octanol–water partition coefficient (Wildman–Crippen LogP) is 1.69. The van der Waals surface area contributed by atoms with Crippen LogP contribution < -0.4 is 5.32 Å². The molecule has 82 valence electrons. The summed E-state index contributed by atoms with van der Waals surface area (Å²) in [5.74, 6) is 0.842. The van der Waals surface area contributed by atoms with Crippen molar-refractivity contribution in [3.8, 4) is 5.75 Å². The smallest absolute Gasteiger partial charge is 0.115 e. The van der Waals surface area contributed by atoms with E-state index in [4.69, 9.17) is 4.74 Å². The molecule has 1 aliphatic heterocycles. The molecule has 2 rings (SSSR count). The van der Waals surface area contributed by atoms with Crippen LogP contribution in [0.5, 0.6) is 5.75 Å². The number of rotatable bonds is 3. The molecule has 15 heavy (non-hydrogen) atoms. The predicted molar refractivity (Wildman–Crippen MR) is 58.8 cm³/mol. The summed E-state index contributed by atoms with van der Waals surface area (Å²) in [5.41, 5.74) is 1.15. The van der Waals surface area contributed by atoms with E-state index in [0.29, 0.717) is 17.7 Å². The van der Waals surface area contributed by atoms with Crippen LogP contribution in [-0.4, -0.2) is 25.4 Å². The summed E-state index contributed by atoms with van der Waals surface area (Å²) < 4.78 is 5.21. The van der Waals surface area contributed by atoms with Crippen LogP contribution in [-0.2, 0) is 4.74 Å². The van der Waals surface area contributed by atoms with Gasteiger partial charge in [-0.2, -0.15) is 0 Å². The number of benzene rings is 1. The zero-order valence-electron chi connectivity index (χ0n) is 8.94. The topological polar surface area (TPSA) is 41.5 Å². The van der Waals surface area contributed by atoms with Gasteiger partial charge in [0.25, 0.3) is 0 Å². The van der Waals surface area contributed by atoms with Crippen LogP contribution >= 0.6 is 0 Å². The minimum Gasteiger partial charge on any atom is -0.508 e. The van der Waals surface area contributed by atoms with Gasteiger partial charge in [0, 0.05) is 19.1 Å². The third kappa shape index (κ3) is 2.30. The van der Waals surface area contributed by atoms with E-state index in [1.807, 2.05) is 18.2 Å². The van der Waals surface area contributed by atoms with Gasteiger partial charge < -0.3 is 15.2 Å². The lowest BCUT2D eigenvalue weighted by molar-refractivity contribution is 0.145. The summed E-state index contributed by atoms with van der Waals surface area (Å²) in [7, 11) is 1.73. The Labute approximate surface area is 90.1 Å². The molecule has 1 aliphatic rings. The van der Waals surface area contributed by atoms with Crippen molar-refractivity contribution in [2.45, 2.75) is 12.5 Å². The third-order valence-electron chi connectivity index (χ3n) is 2.96. The Morgan fingerprint density at radius 2 is 2.40 bits per heavy atom. The van der Waals surface area contributed by atoms with E-state index >= 15 is 0 Å². The molecule has 2 N–H and O–H groups in total. The van der Waals surface area contributed by atoms with E-state index in [2.05, 4.69) is 5.32 Å². The number of ether oxygens (including phenoxy) is 1. The van der Waals surface area contributed by atoms with Crippen LogP contribution in [0.3, 0.4) is 0 Å². The molecule has 0 spiro atoms. The minimum atomic E-state index is 0.317. The van der Waals surface area contributed by atoms with Crippen molar-refractivity contribution < 1.29 is 9.84 Å². The average molecular weight is 207 g/mol. The highest BCUT2D eigenvalue weighted by atomic mass is 16.5. The van der Waals surface area contributed by atoms with Crippen molar-refractivity contribution in [3.05, 3.63) is 29.8 Å². The van der Waals surface area contributed by atoms with Crippen LogP contribution in [0.15, 0.2) is 24.3 Å². The first-order valence-corrected chi connectivity index (χ1v) is 5.32. The highest BCUT2D eigenvalue weighted by molar-refractivity contribution is 5.30. The molecule has 3 nitrogen and oxygen atoms in total. The standard InChI is InChI=1S/C12H17NO2/c1-15-8-10-5-6-13-12(10)9-3-2-4-11(14)7-9/h2-4,7,10,12-14H,5-6,8H2,1H3. The second-order valence-electron chi connectivity index (χ2n) is 4.03. The van der Waals surface area contributed by atoms with Crippen molar-refractivity contribution >= 4 is 0 Å². The largest absolute Gasteiger partial charge is 0.508 e. The molecule has 3 heteroatoms. The van der Waals surface area contributed by atoms with E-state index in [9.17, 15) is 5.11 Å². The Morgan fingerprint density at radius 3 is 3.13 bits per heavy atom. The highest BCUT2D eigenvalue weighted by Gasteiger charge is 2.27. The van der Waals surface area contributed by atoms with Crippen LogP contribution in [0.25, 0.3) is 0 Å². The maximum Gasteiger partial charge on any atom is 0.115 e. The van der Waals surface area contributed by atoms with E-state index in [1.165, 1.54) is 0 Å². The van der Waals surface area contributed by atoms with Gasteiger partial charge in [-0.05, 0) is 30.7 Å². The zero-order valence-corrected chi connectivity index (χ0v) is 8.94. The molecule has 2 atom stereocenters. The fraction of sp³-hybridized carbons (Fsp3) is 0.500. The van der Waals surface area contributed by atoms with E-state index in [-0.39, 0.29) is 0 Å². The molecule has 0 radical (unpaired) electrons. The van der Waals surface area contributed by atoms with Gasteiger partial charge in [0.15, 0.2) is 0 Å². The Balaban J connectivity index is 2.15. The lowest BCUT2D eigenvalue weighted by atomic mass is 9.95. The Kier molecular flexibility index (Phi) is 3.23. The molecule has 0 aliphatic carbocycles. The van der Waals surface area contributed by atoms with Crippen LogP contribution in [0.4, 0.5) is 0 Å². The van der Waals surface area contributed by atoms with E-state index in [1.54, 1.807) is 13.2 Å². The molecule has 1 aromatic carbocycles. The maximum atomic E-state index is 9.43. The van der Waals surface area contributed by atoms with Crippen LogP contribution in [0.2, 0.25) is 0 Å². The normalized spacial score (nSPS) is 25.7. The molecule has 0 bridgehead atoms. The molecule has 0 aromatic heterocycles. The van der Waals surface area contributed by atoms with Crippen molar-refractivity contribution in [3.63, 3.8) is 0 Å². The number of phenols is 1. The van der Waals surface area contributed by atoms with Crippen molar-refractivity contribution in [2.75, 3.05) is 20.3 Å². The van der Waals surface area contributed by atoms with Gasteiger partial charge in [0.05, 0.1) is 6.61 Å². The third-order valence-corrected chi connectivity index (χ3v) is 2.96. The van der Waals surface area contributed by atoms with Gasteiger partial charge >= 0.3 is 0 Å². The lowest BCUT2D eigenvalue weighted by Crippen LogP contribution is -2.20. The zero-order chi connectivity index (χ0) is 10.7. The SMILES string of the molecule is COCC1CCNC1c1cccc(O)c1. The first kappa shape index (κ1) is 10.5. The van der Waals surface area contributed by atoms with Crippen molar-refractivity contribution in [2.24, 2.45) is 5.92 Å². The minimum absolute atomic E-state index is 0.317.